The summed E-state index contributed by atoms with van der Waals surface area (Å²) in [5.74, 6) is 0.464. The van der Waals surface area contributed by atoms with Crippen LogP contribution in [0.2, 0.25) is 10.0 Å². The number of pyridine rings is 1. The van der Waals surface area contributed by atoms with Gasteiger partial charge in [-0.25, -0.2) is 18.2 Å². The predicted molar refractivity (Wildman–Crippen MR) is 104 cm³/mol. The molecule has 0 spiro atoms. The minimum Gasteiger partial charge on any atom is -0.367 e. The molecule has 3 N–H and O–H groups in total. The van der Waals surface area contributed by atoms with Gasteiger partial charge in [-0.1, -0.05) is 36.2 Å². The number of urea groups is 1. The van der Waals surface area contributed by atoms with Gasteiger partial charge in [0.15, 0.2) is 9.84 Å². The molecule has 0 radical (unpaired) electrons. The molecule has 1 heterocycles. The second-order valence-corrected chi connectivity index (χ2v) is 8.34. The molecule has 0 aliphatic rings. The highest BCUT2D eigenvalue weighted by molar-refractivity contribution is 7.91. The van der Waals surface area contributed by atoms with Crippen LogP contribution in [0.5, 0.6) is 0 Å². The zero-order chi connectivity index (χ0) is 19.2. The van der Waals surface area contributed by atoms with Crippen molar-refractivity contribution in [2.45, 2.75) is 11.8 Å². The summed E-state index contributed by atoms with van der Waals surface area (Å²) in [5, 5.41) is 9.03. The third-order valence-electron chi connectivity index (χ3n) is 3.34. The first-order chi connectivity index (χ1) is 12.3. The van der Waals surface area contributed by atoms with E-state index in [4.69, 9.17) is 23.2 Å². The van der Waals surface area contributed by atoms with Crippen LogP contribution in [0.4, 0.5) is 16.3 Å². The summed E-state index contributed by atoms with van der Waals surface area (Å²) in [6, 6.07) is 7.23. The Morgan fingerprint density at radius 2 is 1.96 bits per heavy atom. The molecule has 0 aliphatic carbocycles. The van der Waals surface area contributed by atoms with Crippen molar-refractivity contribution < 1.29 is 13.2 Å². The van der Waals surface area contributed by atoms with Gasteiger partial charge in [0.1, 0.15) is 5.82 Å². The van der Waals surface area contributed by atoms with E-state index in [2.05, 4.69) is 20.9 Å². The Labute approximate surface area is 162 Å². The van der Waals surface area contributed by atoms with Crippen molar-refractivity contribution in [1.82, 2.24) is 10.3 Å². The molecule has 0 atom stereocenters. The lowest BCUT2D eigenvalue weighted by Gasteiger charge is -2.10. The zero-order valence-electron chi connectivity index (χ0n) is 13.9. The van der Waals surface area contributed by atoms with Crippen molar-refractivity contribution in [3.63, 3.8) is 0 Å². The predicted octanol–water partition coefficient (Wildman–Crippen LogP) is 3.42. The fourth-order valence-corrected chi connectivity index (χ4v) is 3.38. The molecule has 2 amide bonds. The van der Waals surface area contributed by atoms with E-state index < -0.39 is 15.9 Å². The van der Waals surface area contributed by atoms with E-state index in [0.29, 0.717) is 34.6 Å². The molecule has 10 heteroatoms. The van der Waals surface area contributed by atoms with Crippen molar-refractivity contribution in [2.75, 3.05) is 29.5 Å². The largest absolute Gasteiger partial charge is 0.367 e. The summed E-state index contributed by atoms with van der Waals surface area (Å²) in [6.45, 7) is 2.27. The molecule has 7 nitrogen and oxygen atoms in total. The van der Waals surface area contributed by atoms with Crippen LogP contribution in [0.3, 0.4) is 0 Å². The van der Waals surface area contributed by atoms with Crippen LogP contribution in [0.25, 0.3) is 0 Å². The van der Waals surface area contributed by atoms with Crippen molar-refractivity contribution >= 4 is 50.6 Å². The highest BCUT2D eigenvalue weighted by Gasteiger charge is 2.12. The number of rotatable bonds is 7. The number of aromatic nitrogens is 1. The Morgan fingerprint density at radius 3 is 2.65 bits per heavy atom. The first kappa shape index (κ1) is 20.3. The Morgan fingerprint density at radius 1 is 1.19 bits per heavy atom. The maximum atomic E-state index is 11.9. The number of nitrogens with one attached hydrogen (secondary N) is 3. The lowest BCUT2D eigenvalue weighted by atomic mass is 10.3. The minimum absolute atomic E-state index is 0.00435. The number of hydrogen-bond donors (Lipinski definition) is 3. The summed E-state index contributed by atoms with van der Waals surface area (Å²) < 4.78 is 23.7. The quantitative estimate of drug-likeness (QED) is 0.600. The normalized spacial score (nSPS) is 11.0. The van der Waals surface area contributed by atoms with Crippen molar-refractivity contribution in [3.8, 4) is 0 Å². The van der Waals surface area contributed by atoms with Crippen molar-refractivity contribution in [2.24, 2.45) is 0 Å². The molecule has 0 unspecified atom stereocenters. The molecule has 140 valence electrons. The van der Waals surface area contributed by atoms with Crippen molar-refractivity contribution in [3.05, 3.63) is 46.6 Å². The van der Waals surface area contributed by atoms with Crippen LogP contribution in [-0.2, 0) is 9.84 Å². The summed E-state index contributed by atoms with van der Waals surface area (Å²) >= 11 is 11.8. The van der Waals surface area contributed by atoms with Gasteiger partial charge in [0.2, 0.25) is 0 Å². The van der Waals surface area contributed by atoms with Gasteiger partial charge in [0.25, 0.3) is 0 Å². The molecule has 0 bridgehead atoms. The number of amides is 2. The smallest absolute Gasteiger partial charge is 0.319 e. The first-order valence-corrected chi connectivity index (χ1v) is 10.1. The number of anilines is 2. The van der Waals surface area contributed by atoms with Crippen LogP contribution in [0.1, 0.15) is 6.92 Å². The fourth-order valence-electron chi connectivity index (χ4n) is 2.01. The number of halogens is 2. The molecule has 2 aromatic rings. The molecule has 1 aromatic heterocycles. The minimum atomic E-state index is -3.33. The first-order valence-electron chi connectivity index (χ1n) is 7.74. The Kier molecular flexibility index (Phi) is 7.07. The number of carbonyl (C=O) groups is 1. The van der Waals surface area contributed by atoms with Crippen LogP contribution in [-0.4, -0.2) is 38.3 Å². The number of carbonyl (C=O) groups excluding carboxylic acids is 1. The van der Waals surface area contributed by atoms with Gasteiger partial charge in [-0.15, -0.1) is 0 Å². The number of benzene rings is 1. The molecule has 0 aliphatic heterocycles. The summed E-state index contributed by atoms with van der Waals surface area (Å²) in [6.07, 6.45) is 1.47. The van der Waals surface area contributed by atoms with Gasteiger partial charge >= 0.3 is 6.03 Å². The van der Waals surface area contributed by atoms with E-state index in [-0.39, 0.29) is 10.6 Å². The van der Waals surface area contributed by atoms with Gasteiger partial charge in [-0.2, -0.15) is 0 Å². The molecule has 1 aromatic carbocycles. The van der Waals surface area contributed by atoms with E-state index in [1.807, 2.05) is 0 Å². The van der Waals surface area contributed by atoms with E-state index in [0.717, 1.165) is 0 Å². The molecule has 26 heavy (non-hydrogen) atoms. The summed E-state index contributed by atoms with van der Waals surface area (Å²) in [5.41, 5.74) is 0.396. The summed E-state index contributed by atoms with van der Waals surface area (Å²) in [4.78, 5) is 16.1. The van der Waals surface area contributed by atoms with Crippen LogP contribution >= 0.6 is 23.2 Å². The summed E-state index contributed by atoms with van der Waals surface area (Å²) in [7, 11) is -3.33. The van der Waals surface area contributed by atoms with Gasteiger partial charge in [-0.05, 0) is 24.3 Å². The van der Waals surface area contributed by atoms with E-state index >= 15 is 0 Å². The second kappa shape index (κ2) is 9.07. The lowest BCUT2D eigenvalue weighted by Crippen LogP contribution is -2.32. The highest BCUT2D eigenvalue weighted by atomic mass is 35.5. The second-order valence-electron chi connectivity index (χ2n) is 5.22. The standard InChI is InChI=1S/C16H18Cl2N4O3S/c1-2-26(24,25)13-5-3-4-12(9-13)22-16(23)20-7-6-19-15-14(18)8-11(17)10-21-15/h3-5,8-10H,2,6-7H2,1H3,(H,19,21)(H2,20,22,23). The maximum Gasteiger partial charge on any atom is 0.319 e. The Bertz CT molecular complexity index is 891. The van der Waals surface area contributed by atoms with E-state index in [1.54, 1.807) is 25.1 Å². The molecule has 2 rings (SSSR count). The van der Waals surface area contributed by atoms with Crippen LogP contribution in [0.15, 0.2) is 41.4 Å². The number of sulfone groups is 1. The molecule has 0 fully saturated rings. The zero-order valence-corrected chi connectivity index (χ0v) is 16.2. The topological polar surface area (TPSA) is 100 Å². The van der Waals surface area contributed by atoms with Gasteiger partial charge in [0.05, 0.1) is 20.7 Å². The molecule has 0 saturated carbocycles. The van der Waals surface area contributed by atoms with Gasteiger partial charge in [-0.3, -0.25) is 0 Å². The van der Waals surface area contributed by atoms with E-state index in [9.17, 15) is 13.2 Å². The lowest BCUT2D eigenvalue weighted by molar-refractivity contribution is 0.252. The average molecular weight is 417 g/mol. The van der Waals surface area contributed by atoms with E-state index in [1.165, 1.54) is 18.3 Å². The highest BCUT2D eigenvalue weighted by Crippen LogP contribution is 2.22. The third-order valence-corrected chi connectivity index (χ3v) is 5.57. The average Bonchev–Trinajstić information content (AvgIpc) is 2.60. The molecular weight excluding hydrogens is 399 g/mol. The van der Waals surface area contributed by atoms with Crippen molar-refractivity contribution in [1.29, 1.82) is 0 Å². The Hall–Kier alpha value is -2.03. The van der Waals surface area contributed by atoms with Gasteiger partial charge < -0.3 is 16.0 Å². The SMILES string of the molecule is CCS(=O)(=O)c1cccc(NC(=O)NCCNc2ncc(Cl)cc2Cl)c1. The molecular formula is C16H18Cl2N4O3S. The monoisotopic (exact) mass is 416 g/mol. The Balaban J connectivity index is 1.83. The van der Waals surface area contributed by atoms with Crippen LogP contribution in [0, 0.1) is 0 Å². The number of nitrogens with zero attached hydrogens (tertiary/aromatic N) is 1. The van der Waals surface area contributed by atoms with Crippen LogP contribution < -0.4 is 16.0 Å². The maximum absolute atomic E-state index is 11.9. The van der Waals surface area contributed by atoms with Gasteiger partial charge in [0, 0.05) is 25.0 Å². The molecule has 0 saturated heterocycles. The number of hydrogen-bond acceptors (Lipinski definition) is 5. The fraction of sp³-hybridized carbons (Fsp3) is 0.250. The third kappa shape index (κ3) is 5.76.